The van der Waals surface area contributed by atoms with E-state index in [0.29, 0.717) is 41.0 Å². The van der Waals surface area contributed by atoms with Crippen molar-refractivity contribution in [3.63, 3.8) is 0 Å². The molecule has 0 N–H and O–H groups in total. The molecule has 1 saturated heterocycles. The van der Waals surface area contributed by atoms with Gasteiger partial charge < -0.3 is 19.1 Å². The highest BCUT2D eigenvalue weighted by Gasteiger charge is 2.38. The van der Waals surface area contributed by atoms with E-state index in [9.17, 15) is 8.42 Å². The van der Waals surface area contributed by atoms with E-state index in [0.717, 1.165) is 33.4 Å². The predicted octanol–water partition coefficient (Wildman–Crippen LogP) is 4.75. The van der Waals surface area contributed by atoms with Gasteiger partial charge in [-0.2, -0.15) is 5.10 Å². The van der Waals surface area contributed by atoms with Crippen molar-refractivity contribution in [2.45, 2.75) is 19.9 Å². The fourth-order valence-corrected chi connectivity index (χ4v) is 6.94. The van der Waals surface area contributed by atoms with E-state index in [1.54, 1.807) is 46.0 Å². The monoisotopic (exact) mass is 614 g/mol. The van der Waals surface area contributed by atoms with Crippen molar-refractivity contribution >= 4 is 26.4 Å². The second-order valence-electron chi connectivity index (χ2n) is 11.0. The van der Waals surface area contributed by atoms with Crippen LogP contribution in [0.2, 0.25) is 0 Å². The molecule has 228 valence electrons. The molecule has 0 radical (unpaired) electrons. The number of methoxy groups -OCH3 is 3. The molecule has 1 aliphatic rings. The van der Waals surface area contributed by atoms with E-state index in [2.05, 4.69) is 16.8 Å². The normalized spacial score (nSPS) is 16.5. The molecule has 4 aromatic heterocycles. The van der Waals surface area contributed by atoms with E-state index < -0.39 is 9.84 Å². The molecule has 6 rings (SSSR count). The molecule has 0 bridgehead atoms. The number of rotatable bonds is 9. The van der Waals surface area contributed by atoms with Crippen LogP contribution in [0.3, 0.4) is 0 Å². The number of sulfone groups is 1. The number of hydrogen-bond donors (Lipinski definition) is 0. The Morgan fingerprint density at radius 3 is 2.39 bits per heavy atom. The van der Waals surface area contributed by atoms with Crippen LogP contribution in [-0.2, 0) is 9.84 Å². The van der Waals surface area contributed by atoms with Gasteiger partial charge in [-0.25, -0.2) is 18.1 Å². The summed E-state index contributed by atoms with van der Waals surface area (Å²) in [4.78, 5) is 16.4. The number of fused-ring (bicyclic) bond motifs is 1. The van der Waals surface area contributed by atoms with Crippen LogP contribution in [0.25, 0.3) is 39.2 Å². The molecule has 1 aromatic carbocycles. The molecule has 0 unspecified atom stereocenters. The molecule has 11 nitrogen and oxygen atoms in total. The van der Waals surface area contributed by atoms with Gasteiger partial charge in [0.05, 0.1) is 55.7 Å². The van der Waals surface area contributed by atoms with Crippen LogP contribution >= 0.6 is 0 Å². The number of ether oxygens (including phenoxy) is 3. The largest absolute Gasteiger partial charge is 0.496 e. The third-order valence-corrected chi connectivity index (χ3v) is 9.21. The second-order valence-corrected chi connectivity index (χ2v) is 13.2. The van der Waals surface area contributed by atoms with Crippen molar-refractivity contribution in [3.05, 3.63) is 66.7 Å². The number of benzene rings is 1. The van der Waals surface area contributed by atoms with Crippen molar-refractivity contribution in [1.82, 2.24) is 24.7 Å². The molecule has 5 heterocycles. The third kappa shape index (κ3) is 5.41. The van der Waals surface area contributed by atoms with Crippen LogP contribution in [0.5, 0.6) is 17.2 Å². The molecule has 44 heavy (non-hydrogen) atoms. The number of nitrogens with zero attached hydrogens (tertiary/aromatic N) is 6. The number of hydrogen-bond acceptors (Lipinski definition) is 10. The maximum atomic E-state index is 12.0. The van der Waals surface area contributed by atoms with Gasteiger partial charge >= 0.3 is 0 Å². The zero-order valence-corrected chi connectivity index (χ0v) is 26.3. The summed E-state index contributed by atoms with van der Waals surface area (Å²) in [5, 5.41) is 5.64. The first-order valence-electron chi connectivity index (χ1n) is 14.1. The lowest BCUT2D eigenvalue weighted by Gasteiger charge is -2.48. The van der Waals surface area contributed by atoms with Crippen molar-refractivity contribution < 1.29 is 22.6 Å². The Balaban J connectivity index is 1.50. The first-order chi connectivity index (χ1) is 21.1. The van der Waals surface area contributed by atoms with Crippen molar-refractivity contribution in [2.24, 2.45) is 5.92 Å². The minimum absolute atomic E-state index is 0.0312. The highest BCUT2D eigenvalue weighted by molar-refractivity contribution is 7.90. The minimum atomic E-state index is -3.09. The predicted molar refractivity (Wildman–Crippen MR) is 170 cm³/mol. The smallest absolute Gasteiger partial charge is 0.161 e. The number of aromatic nitrogens is 5. The van der Waals surface area contributed by atoms with Crippen LogP contribution in [-0.4, -0.2) is 79.1 Å². The van der Waals surface area contributed by atoms with E-state index in [1.807, 2.05) is 48.0 Å². The summed E-state index contributed by atoms with van der Waals surface area (Å²) in [5.74, 6) is 2.68. The Morgan fingerprint density at radius 2 is 1.68 bits per heavy atom. The lowest BCUT2D eigenvalue weighted by Crippen LogP contribution is -2.57. The van der Waals surface area contributed by atoms with E-state index in [1.165, 1.54) is 6.26 Å². The first-order valence-corrected chi connectivity index (χ1v) is 16.2. The zero-order valence-electron chi connectivity index (χ0n) is 25.5. The molecule has 0 saturated carbocycles. The van der Waals surface area contributed by atoms with Gasteiger partial charge in [-0.05, 0) is 50.2 Å². The van der Waals surface area contributed by atoms with Crippen molar-refractivity contribution in [1.29, 1.82) is 0 Å². The molecule has 5 aromatic rings. The summed E-state index contributed by atoms with van der Waals surface area (Å²) in [6.45, 7) is 4.63. The Labute approximate surface area is 256 Å². The Hall–Kier alpha value is -4.71. The van der Waals surface area contributed by atoms with Crippen molar-refractivity contribution in [2.75, 3.05) is 44.8 Å². The highest BCUT2D eigenvalue weighted by Crippen LogP contribution is 2.38. The summed E-state index contributed by atoms with van der Waals surface area (Å²) >= 11 is 0. The van der Waals surface area contributed by atoms with Crippen LogP contribution in [0.4, 0.5) is 5.69 Å². The van der Waals surface area contributed by atoms with Gasteiger partial charge in [0.15, 0.2) is 17.3 Å². The first kappa shape index (κ1) is 29.4. The topological polar surface area (TPSA) is 122 Å². The summed E-state index contributed by atoms with van der Waals surface area (Å²) in [6.07, 6.45) is 6.50. The van der Waals surface area contributed by atoms with Crippen LogP contribution in [0.15, 0.2) is 61.1 Å². The molecule has 0 aliphatic carbocycles. The lowest BCUT2D eigenvalue weighted by atomic mass is 9.91. The average Bonchev–Trinajstić information content (AvgIpc) is 3.46. The number of aryl methyl sites for hydroxylation is 1. The minimum Gasteiger partial charge on any atom is -0.496 e. The summed E-state index contributed by atoms with van der Waals surface area (Å²) in [5.41, 5.74) is 5.58. The van der Waals surface area contributed by atoms with Gasteiger partial charge in [0.1, 0.15) is 15.6 Å². The van der Waals surface area contributed by atoms with E-state index >= 15 is 0 Å². The SMILES string of the molecule is COc1ccc(-c2cc(N3C[C@H](CS(C)(=O)=O)[C@H]3C)cc(-n3ncc4c(C)nc(-c5cnccc5OC)cc43)n2)cc1OC. The molecule has 0 spiro atoms. The maximum Gasteiger partial charge on any atom is 0.161 e. The Kier molecular flexibility index (Phi) is 7.62. The molecule has 1 fully saturated rings. The number of pyridine rings is 3. The van der Waals surface area contributed by atoms with Crippen LogP contribution < -0.4 is 19.1 Å². The Bertz CT molecular complexity index is 1980. The van der Waals surface area contributed by atoms with Gasteiger partial charge in [-0.15, -0.1) is 0 Å². The standard InChI is InChI=1S/C32H34N6O5S/c1-19-24-16-34-38(28(24)14-27(35-19)25-15-33-10-9-29(25)41-3)32-13-23(37-17-22(20(37)2)18-44(6,39)40)12-26(36-32)21-7-8-30(42-4)31(11-21)43-5/h7-16,20,22H,17-18H2,1-6H3/t20-,22-/m1/s1. The maximum absolute atomic E-state index is 12.0. The van der Waals surface area contributed by atoms with Crippen LogP contribution in [0, 0.1) is 12.8 Å². The van der Waals surface area contributed by atoms with E-state index in [-0.39, 0.29) is 17.7 Å². The third-order valence-electron chi connectivity index (χ3n) is 8.18. The molecular weight excluding hydrogens is 580 g/mol. The van der Waals surface area contributed by atoms with Gasteiger partial charge in [-0.3, -0.25) is 9.97 Å². The van der Waals surface area contributed by atoms with Crippen molar-refractivity contribution in [3.8, 4) is 45.6 Å². The zero-order chi connectivity index (χ0) is 31.2. The number of anilines is 1. The van der Waals surface area contributed by atoms with E-state index in [4.69, 9.17) is 29.3 Å². The van der Waals surface area contributed by atoms with Gasteiger partial charge in [-0.1, -0.05) is 0 Å². The molecule has 0 amide bonds. The molecule has 2 atom stereocenters. The summed E-state index contributed by atoms with van der Waals surface area (Å²) < 4.78 is 42.5. The quantitative estimate of drug-likeness (QED) is 0.230. The fraction of sp³-hybridized carbons (Fsp3) is 0.312. The fourth-order valence-electron chi connectivity index (χ4n) is 5.78. The van der Waals surface area contributed by atoms with Gasteiger partial charge in [0, 0.05) is 65.6 Å². The highest BCUT2D eigenvalue weighted by atomic mass is 32.2. The summed E-state index contributed by atoms with van der Waals surface area (Å²) in [7, 11) is 1.73. The van der Waals surface area contributed by atoms with Gasteiger partial charge in [0.2, 0.25) is 0 Å². The van der Waals surface area contributed by atoms with Gasteiger partial charge in [0.25, 0.3) is 0 Å². The Morgan fingerprint density at radius 1 is 0.909 bits per heavy atom. The molecule has 12 heteroatoms. The van der Waals surface area contributed by atoms with Crippen LogP contribution in [0.1, 0.15) is 12.6 Å². The lowest BCUT2D eigenvalue weighted by molar-refractivity contribution is 0.341. The molecule has 1 aliphatic heterocycles. The summed E-state index contributed by atoms with van der Waals surface area (Å²) in [6, 6.07) is 13.5. The molecular formula is C32H34N6O5S. The average molecular weight is 615 g/mol. The second kappa shape index (κ2) is 11.4.